The molecular formula is C18H16N4O2. The lowest BCUT2D eigenvalue weighted by molar-refractivity contribution is -0.119. The van der Waals surface area contributed by atoms with Crippen molar-refractivity contribution in [1.82, 2.24) is 14.8 Å². The average molecular weight is 320 g/mol. The van der Waals surface area contributed by atoms with Gasteiger partial charge in [-0.05, 0) is 30.3 Å². The van der Waals surface area contributed by atoms with Crippen molar-refractivity contribution in [1.29, 1.82) is 0 Å². The molecule has 0 atom stereocenters. The van der Waals surface area contributed by atoms with E-state index in [1.807, 2.05) is 36.4 Å². The first-order valence-corrected chi connectivity index (χ1v) is 7.46. The highest BCUT2D eigenvalue weighted by molar-refractivity contribution is 5.92. The van der Waals surface area contributed by atoms with E-state index in [1.54, 1.807) is 31.4 Å². The van der Waals surface area contributed by atoms with E-state index in [4.69, 9.17) is 0 Å². The highest BCUT2D eigenvalue weighted by atomic mass is 16.2. The molecule has 6 nitrogen and oxygen atoms in total. The van der Waals surface area contributed by atoms with Crippen LogP contribution in [0, 0.1) is 0 Å². The molecule has 24 heavy (non-hydrogen) atoms. The second kappa shape index (κ2) is 6.87. The predicted molar refractivity (Wildman–Crippen MR) is 91.6 cm³/mol. The van der Waals surface area contributed by atoms with E-state index >= 15 is 0 Å². The molecule has 0 aliphatic rings. The molecule has 3 rings (SSSR count). The number of para-hydroxylation sites is 1. The number of anilines is 1. The Labute approximate surface area is 139 Å². The number of pyridine rings is 1. The third kappa shape index (κ3) is 3.38. The van der Waals surface area contributed by atoms with Crippen LogP contribution in [0.25, 0.3) is 11.4 Å². The molecular weight excluding hydrogens is 304 g/mol. The second-order valence-corrected chi connectivity index (χ2v) is 5.22. The Morgan fingerprint density at radius 2 is 1.75 bits per heavy atom. The SMILES string of the molecule is CN(C(=O)Cn1nc(-c2ccccn2)ccc1=O)c1ccccc1. The quantitative estimate of drug-likeness (QED) is 0.737. The van der Waals surface area contributed by atoms with Crippen molar-refractivity contribution in [3.8, 4) is 11.4 Å². The summed E-state index contributed by atoms with van der Waals surface area (Å²) in [6, 6.07) is 17.7. The van der Waals surface area contributed by atoms with Gasteiger partial charge in [0, 0.05) is 25.0 Å². The number of carbonyl (C=O) groups excluding carboxylic acids is 1. The fourth-order valence-electron chi connectivity index (χ4n) is 2.24. The van der Waals surface area contributed by atoms with E-state index in [1.165, 1.54) is 11.0 Å². The summed E-state index contributed by atoms with van der Waals surface area (Å²) < 4.78 is 1.16. The molecule has 0 N–H and O–H groups in total. The minimum absolute atomic E-state index is 0.134. The van der Waals surface area contributed by atoms with Gasteiger partial charge in [-0.25, -0.2) is 4.68 Å². The van der Waals surface area contributed by atoms with Crippen LogP contribution in [0.3, 0.4) is 0 Å². The Balaban J connectivity index is 1.85. The first-order valence-electron chi connectivity index (χ1n) is 7.46. The van der Waals surface area contributed by atoms with E-state index in [2.05, 4.69) is 10.1 Å². The average Bonchev–Trinajstić information content (AvgIpc) is 2.64. The number of likely N-dealkylation sites (N-methyl/N-ethyl adjacent to an activating group) is 1. The number of carbonyl (C=O) groups is 1. The van der Waals surface area contributed by atoms with Crippen LogP contribution in [-0.2, 0) is 11.3 Å². The van der Waals surface area contributed by atoms with Crippen molar-refractivity contribution in [2.45, 2.75) is 6.54 Å². The van der Waals surface area contributed by atoms with E-state index < -0.39 is 0 Å². The summed E-state index contributed by atoms with van der Waals surface area (Å²) in [7, 11) is 1.67. The Hall–Kier alpha value is -3.28. The monoisotopic (exact) mass is 320 g/mol. The van der Waals surface area contributed by atoms with Crippen molar-refractivity contribution in [3.63, 3.8) is 0 Å². The van der Waals surface area contributed by atoms with E-state index in [9.17, 15) is 9.59 Å². The molecule has 0 aliphatic heterocycles. The van der Waals surface area contributed by atoms with Crippen molar-refractivity contribution >= 4 is 11.6 Å². The zero-order valence-electron chi connectivity index (χ0n) is 13.2. The Kier molecular flexibility index (Phi) is 4.47. The van der Waals surface area contributed by atoms with Gasteiger partial charge in [0.2, 0.25) is 5.91 Å². The maximum absolute atomic E-state index is 12.4. The largest absolute Gasteiger partial charge is 0.314 e. The standard InChI is InChI=1S/C18H16N4O2/c1-21(14-7-3-2-4-8-14)18(24)13-22-17(23)11-10-16(20-22)15-9-5-6-12-19-15/h2-12H,13H2,1H3. The third-order valence-electron chi connectivity index (χ3n) is 3.60. The van der Waals surface area contributed by atoms with Crippen LogP contribution in [0.5, 0.6) is 0 Å². The summed E-state index contributed by atoms with van der Waals surface area (Å²) in [5, 5.41) is 4.25. The summed E-state index contributed by atoms with van der Waals surface area (Å²) in [6.45, 7) is -0.134. The molecule has 1 aromatic carbocycles. The third-order valence-corrected chi connectivity index (χ3v) is 3.60. The van der Waals surface area contributed by atoms with Gasteiger partial charge in [0.1, 0.15) is 12.2 Å². The number of amides is 1. The molecule has 0 bridgehead atoms. The predicted octanol–water partition coefficient (Wildman–Crippen LogP) is 1.97. The first kappa shape index (κ1) is 15.6. The Bertz CT molecular complexity index is 892. The smallest absolute Gasteiger partial charge is 0.267 e. The summed E-state index contributed by atoms with van der Waals surface area (Å²) in [6.07, 6.45) is 1.65. The Morgan fingerprint density at radius 3 is 2.46 bits per heavy atom. The number of benzene rings is 1. The van der Waals surface area contributed by atoms with Crippen LogP contribution >= 0.6 is 0 Å². The molecule has 0 fully saturated rings. The number of aromatic nitrogens is 3. The number of rotatable bonds is 4. The molecule has 0 radical (unpaired) electrons. The normalized spacial score (nSPS) is 10.4. The van der Waals surface area contributed by atoms with Gasteiger partial charge in [-0.2, -0.15) is 5.10 Å². The van der Waals surface area contributed by atoms with Gasteiger partial charge in [-0.3, -0.25) is 14.6 Å². The van der Waals surface area contributed by atoms with Crippen molar-refractivity contribution in [2.75, 3.05) is 11.9 Å². The van der Waals surface area contributed by atoms with Crippen LogP contribution in [0.4, 0.5) is 5.69 Å². The summed E-state index contributed by atoms with van der Waals surface area (Å²) >= 11 is 0. The summed E-state index contributed by atoms with van der Waals surface area (Å²) in [5.41, 5.74) is 1.63. The summed E-state index contributed by atoms with van der Waals surface area (Å²) in [5.74, 6) is -0.228. The van der Waals surface area contributed by atoms with Crippen LogP contribution < -0.4 is 10.5 Å². The van der Waals surface area contributed by atoms with Crippen LogP contribution in [0.15, 0.2) is 71.7 Å². The molecule has 0 saturated carbocycles. The lowest BCUT2D eigenvalue weighted by atomic mass is 10.2. The fourth-order valence-corrected chi connectivity index (χ4v) is 2.24. The number of hydrogen-bond acceptors (Lipinski definition) is 4. The van der Waals surface area contributed by atoms with E-state index in [0.717, 1.165) is 10.4 Å². The lowest BCUT2D eigenvalue weighted by Gasteiger charge is -2.17. The molecule has 2 aromatic heterocycles. The molecule has 120 valence electrons. The molecule has 1 amide bonds. The molecule has 0 unspecified atom stereocenters. The van der Waals surface area contributed by atoms with Gasteiger partial charge in [-0.1, -0.05) is 24.3 Å². The number of hydrogen-bond donors (Lipinski definition) is 0. The number of nitrogens with zero attached hydrogens (tertiary/aromatic N) is 4. The summed E-state index contributed by atoms with van der Waals surface area (Å²) in [4.78, 5) is 30.1. The molecule has 0 spiro atoms. The fraction of sp³-hybridized carbons (Fsp3) is 0.111. The molecule has 2 heterocycles. The maximum atomic E-state index is 12.4. The van der Waals surface area contributed by atoms with Gasteiger partial charge in [-0.15, -0.1) is 0 Å². The first-order chi connectivity index (χ1) is 11.6. The van der Waals surface area contributed by atoms with Crippen LogP contribution in [0.2, 0.25) is 0 Å². The van der Waals surface area contributed by atoms with Crippen molar-refractivity contribution in [3.05, 3.63) is 77.2 Å². The van der Waals surface area contributed by atoms with Crippen LogP contribution in [-0.4, -0.2) is 27.7 Å². The highest BCUT2D eigenvalue weighted by Gasteiger charge is 2.13. The van der Waals surface area contributed by atoms with Gasteiger partial charge in [0.25, 0.3) is 5.56 Å². The van der Waals surface area contributed by atoms with Gasteiger partial charge in [0.05, 0.1) is 5.69 Å². The van der Waals surface area contributed by atoms with Gasteiger partial charge in [0.15, 0.2) is 0 Å². The second-order valence-electron chi connectivity index (χ2n) is 5.22. The van der Waals surface area contributed by atoms with E-state index in [0.29, 0.717) is 11.4 Å². The Morgan fingerprint density at radius 1 is 1.00 bits per heavy atom. The topological polar surface area (TPSA) is 68.1 Å². The zero-order valence-corrected chi connectivity index (χ0v) is 13.2. The minimum Gasteiger partial charge on any atom is -0.314 e. The molecule has 6 heteroatoms. The van der Waals surface area contributed by atoms with Crippen molar-refractivity contribution in [2.24, 2.45) is 0 Å². The molecule has 0 aliphatic carbocycles. The molecule has 0 saturated heterocycles. The maximum Gasteiger partial charge on any atom is 0.267 e. The van der Waals surface area contributed by atoms with Gasteiger partial charge >= 0.3 is 0 Å². The lowest BCUT2D eigenvalue weighted by Crippen LogP contribution is -2.35. The van der Waals surface area contributed by atoms with Gasteiger partial charge < -0.3 is 4.90 Å². The zero-order chi connectivity index (χ0) is 16.9. The highest BCUT2D eigenvalue weighted by Crippen LogP contribution is 2.12. The van der Waals surface area contributed by atoms with Crippen molar-refractivity contribution < 1.29 is 4.79 Å². The van der Waals surface area contributed by atoms with E-state index in [-0.39, 0.29) is 18.0 Å². The molecule has 3 aromatic rings. The minimum atomic E-state index is -0.329. The van der Waals surface area contributed by atoms with Crippen LogP contribution in [0.1, 0.15) is 0 Å².